The predicted molar refractivity (Wildman–Crippen MR) is 128 cm³/mol. The van der Waals surface area contributed by atoms with Crippen LogP contribution in [-0.4, -0.2) is 3.21 Å². The number of hydrogen-bond acceptors (Lipinski definition) is 0. The first-order valence-corrected chi connectivity index (χ1v) is 10.3. The molecule has 0 saturated carbocycles. The van der Waals surface area contributed by atoms with E-state index in [0.29, 0.717) is 0 Å². The zero-order valence-corrected chi connectivity index (χ0v) is 20.0. The van der Waals surface area contributed by atoms with Crippen molar-refractivity contribution in [3.05, 3.63) is 130 Å². The van der Waals surface area contributed by atoms with Crippen LogP contribution >= 0.6 is 0 Å². The van der Waals surface area contributed by atoms with Crippen molar-refractivity contribution in [3.63, 3.8) is 0 Å². The van der Waals surface area contributed by atoms with E-state index in [1.807, 2.05) is 18.2 Å². The van der Waals surface area contributed by atoms with E-state index in [-0.39, 0.29) is 14.9 Å². The number of allylic oxidation sites excluding steroid dienone is 4. The molecule has 0 unspecified atom stereocenters. The van der Waals surface area contributed by atoms with Crippen molar-refractivity contribution in [1.29, 1.82) is 0 Å². The molecular weight excluding hydrogens is 428 g/mol. The van der Waals surface area contributed by atoms with Crippen LogP contribution in [-0.2, 0) is 24.2 Å². The summed E-state index contributed by atoms with van der Waals surface area (Å²) >= 11 is 1.51. The van der Waals surface area contributed by atoms with E-state index < -0.39 is 0 Å². The minimum absolute atomic E-state index is 0. The molecule has 0 radical (unpaired) electrons. The van der Waals surface area contributed by atoms with Gasteiger partial charge in [0.2, 0.25) is 0 Å². The normalized spacial score (nSPS) is 10.8. The van der Waals surface area contributed by atoms with Gasteiger partial charge in [0.05, 0.1) is 0 Å². The third-order valence-corrected chi connectivity index (χ3v) is 5.02. The smallest absolute Gasteiger partial charge is 0.0771 e. The maximum atomic E-state index is 2.99. The van der Waals surface area contributed by atoms with Gasteiger partial charge in [-0.15, -0.1) is 46.2 Å². The molecule has 148 valence electrons. The van der Waals surface area contributed by atoms with Crippen LogP contribution < -0.4 is 0 Å². The van der Waals surface area contributed by atoms with Crippen molar-refractivity contribution in [2.75, 3.05) is 0 Å². The summed E-state index contributed by atoms with van der Waals surface area (Å²) in [7, 11) is 0. The van der Waals surface area contributed by atoms with Crippen LogP contribution in [0.3, 0.4) is 0 Å². The summed E-state index contributed by atoms with van der Waals surface area (Å²) in [5, 5.41) is 5.39. The fourth-order valence-corrected chi connectivity index (χ4v) is 3.34. The maximum Gasteiger partial charge on any atom is -0.0771 e. The average molecular weight is 456 g/mol. The molecule has 29 heavy (non-hydrogen) atoms. The van der Waals surface area contributed by atoms with Crippen LogP contribution in [0.4, 0.5) is 0 Å². The third-order valence-electron chi connectivity index (χ3n) is 4.32. The van der Waals surface area contributed by atoms with Crippen LogP contribution in [0.25, 0.3) is 21.5 Å². The van der Waals surface area contributed by atoms with E-state index in [0.717, 1.165) is 6.42 Å². The molecule has 0 heterocycles. The Bertz CT molecular complexity index is 1000. The predicted octanol–water partition coefficient (Wildman–Crippen LogP) is 7.69. The molecule has 0 aliphatic heterocycles. The first kappa shape index (κ1) is 24.8. The zero-order chi connectivity index (χ0) is 18.9. The minimum atomic E-state index is 0. The fourth-order valence-electron chi connectivity index (χ4n) is 2.93. The summed E-state index contributed by atoms with van der Waals surface area (Å²) < 4.78 is 1.46. The fraction of sp³-hybridized carbons (Fsp3) is 0.0714. The molecule has 0 atom stereocenters. The van der Waals surface area contributed by atoms with Crippen LogP contribution in [0.5, 0.6) is 0 Å². The van der Waals surface area contributed by atoms with Gasteiger partial charge in [-0.3, -0.25) is 6.08 Å². The van der Waals surface area contributed by atoms with Crippen molar-refractivity contribution in [3.8, 4) is 0 Å². The Morgan fingerprint density at radius 1 is 0.793 bits per heavy atom. The second kappa shape index (κ2) is 13.1. The quantitative estimate of drug-likeness (QED) is 0.258. The molecule has 1 aliphatic rings. The first-order chi connectivity index (χ1) is 13.3. The summed E-state index contributed by atoms with van der Waals surface area (Å²) in [6.45, 7) is 2.16. The molecule has 0 saturated heterocycles. The van der Waals surface area contributed by atoms with Gasteiger partial charge in [-0.25, -0.2) is 12.2 Å². The molecule has 0 N–H and O–H groups in total. The van der Waals surface area contributed by atoms with Crippen LogP contribution in [0.2, 0.25) is 0 Å². The van der Waals surface area contributed by atoms with Crippen molar-refractivity contribution in [1.82, 2.24) is 0 Å². The monoisotopic (exact) mass is 454 g/mol. The second-order valence-corrected chi connectivity index (χ2v) is 8.16. The van der Waals surface area contributed by atoms with Crippen LogP contribution in [0.15, 0.2) is 103 Å². The van der Waals surface area contributed by atoms with E-state index in [1.165, 1.54) is 54.5 Å². The molecule has 4 aromatic rings. The van der Waals surface area contributed by atoms with E-state index in [4.69, 9.17) is 0 Å². The molecular formula is C28H28Zr-4. The van der Waals surface area contributed by atoms with Gasteiger partial charge in [0.1, 0.15) is 0 Å². The molecule has 1 heteroatoms. The standard InChI is InChI=1S/C13H9.C8H8.C5H5.2CH3.Zr/c1-3-7-12-10(5-1)9-11-6-2-4-8-13(11)12;1-2-8-6-4-3-5-7-8;1-2-4-5-3-1;;;/h1-9H;3-7H,1H3;1-3H,4H2;2*1H3;/q-1;;3*-1;. The third kappa shape index (κ3) is 7.26. The zero-order valence-electron chi connectivity index (χ0n) is 17.5. The largest absolute Gasteiger partial charge is 0.358 e. The van der Waals surface area contributed by atoms with Gasteiger partial charge in [-0.1, -0.05) is 36.4 Å². The second-order valence-electron chi connectivity index (χ2n) is 6.31. The van der Waals surface area contributed by atoms with Gasteiger partial charge in [-0.05, 0) is 0 Å². The van der Waals surface area contributed by atoms with E-state index in [1.54, 1.807) is 0 Å². The van der Waals surface area contributed by atoms with Crippen molar-refractivity contribution >= 4 is 24.8 Å². The Balaban J connectivity index is 0.000000231. The molecule has 0 spiro atoms. The van der Waals surface area contributed by atoms with Gasteiger partial charge in [0, 0.05) is 0 Å². The molecule has 0 bridgehead atoms. The van der Waals surface area contributed by atoms with Gasteiger partial charge in [-0.2, -0.15) is 6.08 Å². The Morgan fingerprint density at radius 3 is 1.69 bits per heavy atom. The van der Waals surface area contributed by atoms with E-state index in [9.17, 15) is 0 Å². The van der Waals surface area contributed by atoms with E-state index in [2.05, 4.69) is 97.9 Å². The van der Waals surface area contributed by atoms with Gasteiger partial charge >= 0.3 is 70.3 Å². The Morgan fingerprint density at radius 2 is 1.31 bits per heavy atom. The minimum Gasteiger partial charge on any atom is -0.358 e. The number of benzene rings is 3. The average Bonchev–Trinajstić information content (AvgIpc) is 3.41. The summed E-state index contributed by atoms with van der Waals surface area (Å²) in [4.78, 5) is 0. The topological polar surface area (TPSA) is 0 Å². The molecule has 0 fully saturated rings. The van der Waals surface area contributed by atoms with Crippen molar-refractivity contribution in [2.24, 2.45) is 0 Å². The number of hydrogen-bond donors (Lipinski definition) is 0. The van der Waals surface area contributed by atoms with Crippen LogP contribution in [0, 0.1) is 20.9 Å². The number of fused-ring (bicyclic) bond motifs is 3. The molecule has 0 aromatic heterocycles. The van der Waals surface area contributed by atoms with Gasteiger partial charge < -0.3 is 14.9 Å². The molecule has 4 aromatic carbocycles. The van der Waals surface area contributed by atoms with Crippen molar-refractivity contribution < 1.29 is 24.2 Å². The molecule has 1 aliphatic carbocycles. The SMILES string of the molecule is C[C](=[Zr])c1ccccc1.[C-]1=CC=CC1.[CH3-].[CH3-].c1ccc2c(c1)[cH-]c1ccccc12. The number of rotatable bonds is 1. The Kier molecular flexibility index (Phi) is 11.2. The van der Waals surface area contributed by atoms with Crippen LogP contribution in [0.1, 0.15) is 18.9 Å². The van der Waals surface area contributed by atoms with E-state index >= 15 is 0 Å². The van der Waals surface area contributed by atoms with Gasteiger partial charge in [0.15, 0.2) is 0 Å². The Labute approximate surface area is 191 Å². The first-order valence-electron chi connectivity index (χ1n) is 9.11. The summed E-state index contributed by atoms with van der Waals surface area (Å²) in [6.07, 6.45) is 10.0. The van der Waals surface area contributed by atoms with Crippen molar-refractivity contribution in [2.45, 2.75) is 13.3 Å². The molecule has 0 nitrogen and oxygen atoms in total. The summed E-state index contributed by atoms with van der Waals surface area (Å²) in [6, 6.07) is 29.7. The molecule has 0 amide bonds. The maximum absolute atomic E-state index is 2.99. The molecule has 5 rings (SSSR count). The summed E-state index contributed by atoms with van der Waals surface area (Å²) in [5.74, 6) is 0. The summed E-state index contributed by atoms with van der Waals surface area (Å²) in [5.41, 5.74) is 1.37. The Hall–Kier alpha value is -2.24. The van der Waals surface area contributed by atoms with Gasteiger partial charge in [0.25, 0.3) is 0 Å².